The fourth-order valence-electron chi connectivity index (χ4n) is 5.77. The fraction of sp³-hybridized carbons (Fsp3) is 0.345. The Morgan fingerprint density at radius 2 is 1.67 bits per heavy atom. The van der Waals surface area contributed by atoms with Crippen LogP contribution in [0.5, 0.6) is 5.75 Å². The lowest BCUT2D eigenvalue weighted by Crippen LogP contribution is -2.52. The Hall–Kier alpha value is -3.11. The number of carbonyl (C=O) groups excluding carboxylic acids is 1. The number of hydrogen-bond donors (Lipinski definition) is 1. The van der Waals surface area contributed by atoms with E-state index in [4.69, 9.17) is 4.74 Å². The van der Waals surface area contributed by atoms with Gasteiger partial charge in [0.25, 0.3) is 0 Å². The van der Waals surface area contributed by atoms with Gasteiger partial charge in [-0.1, -0.05) is 79.2 Å². The Bertz CT molecular complexity index is 1110. The number of nitrogens with one attached hydrogen (secondary N) is 1. The number of rotatable bonds is 5. The predicted molar refractivity (Wildman–Crippen MR) is 132 cm³/mol. The molecule has 2 saturated heterocycles. The first-order valence-electron chi connectivity index (χ1n) is 12.0. The molecule has 4 heteroatoms. The zero-order chi connectivity index (χ0) is 22.7. The third-order valence-corrected chi connectivity index (χ3v) is 7.29. The van der Waals surface area contributed by atoms with E-state index in [0.29, 0.717) is 12.3 Å². The van der Waals surface area contributed by atoms with E-state index in [2.05, 4.69) is 76.9 Å². The topological polar surface area (TPSA) is 41.6 Å². The zero-order valence-electron chi connectivity index (χ0n) is 19.3. The van der Waals surface area contributed by atoms with Crippen molar-refractivity contribution in [3.63, 3.8) is 0 Å². The summed E-state index contributed by atoms with van der Waals surface area (Å²) in [6.07, 6.45) is 3.74. The lowest BCUT2D eigenvalue weighted by Gasteiger charge is -2.35. The third kappa shape index (κ3) is 4.40. The number of likely N-dealkylation sites (tertiary alicyclic amines) is 1. The molecule has 4 nitrogen and oxygen atoms in total. The van der Waals surface area contributed by atoms with E-state index < -0.39 is 0 Å². The Balaban J connectivity index is 1.47. The highest BCUT2D eigenvalue weighted by molar-refractivity contribution is 5.77. The molecule has 5 rings (SSSR count). The maximum absolute atomic E-state index is 12.7. The molecule has 0 aromatic heterocycles. The highest BCUT2D eigenvalue weighted by Gasteiger charge is 2.48. The van der Waals surface area contributed by atoms with E-state index >= 15 is 0 Å². The van der Waals surface area contributed by atoms with Crippen LogP contribution in [0.1, 0.15) is 42.7 Å². The molecular formula is C29H32N2O2. The van der Waals surface area contributed by atoms with E-state index in [0.717, 1.165) is 50.2 Å². The van der Waals surface area contributed by atoms with Crippen LogP contribution < -0.4 is 10.1 Å². The van der Waals surface area contributed by atoms with Gasteiger partial charge in [-0.15, -0.1) is 0 Å². The Labute approximate surface area is 196 Å². The maximum atomic E-state index is 12.7. The van der Waals surface area contributed by atoms with E-state index in [1.807, 2.05) is 12.1 Å². The molecule has 3 aromatic rings. The van der Waals surface area contributed by atoms with Crippen molar-refractivity contribution in [1.29, 1.82) is 0 Å². The van der Waals surface area contributed by atoms with Gasteiger partial charge in [0.05, 0.1) is 12.6 Å². The van der Waals surface area contributed by atoms with Gasteiger partial charge in [0.2, 0.25) is 5.91 Å². The Morgan fingerprint density at radius 3 is 2.48 bits per heavy atom. The van der Waals surface area contributed by atoms with Gasteiger partial charge in [0.15, 0.2) is 0 Å². The van der Waals surface area contributed by atoms with Crippen molar-refractivity contribution in [2.75, 3.05) is 20.2 Å². The average Bonchev–Trinajstić information content (AvgIpc) is 3.08. The Morgan fingerprint density at radius 1 is 0.939 bits per heavy atom. The summed E-state index contributed by atoms with van der Waals surface area (Å²) >= 11 is 0. The zero-order valence-corrected chi connectivity index (χ0v) is 19.3. The van der Waals surface area contributed by atoms with E-state index in [9.17, 15) is 4.79 Å². The summed E-state index contributed by atoms with van der Waals surface area (Å²) in [5, 5.41) is 3.48. The molecule has 2 fully saturated rings. The van der Waals surface area contributed by atoms with Gasteiger partial charge in [-0.05, 0) is 35.6 Å². The molecule has 0 bridgehead atoms. The van der Waals surface area contributed by atoms with Crippen LogP contribution in [0.3, 0.4) is 0 Å². The van der Waals surface area contributed by atoms with Crippen LogP contribution in [0.2, 0.25) is 0 Å². The molecule has 1 N–H and O–H groups in total. The minimum atomic E-state index is -0.200. The van der Waals surface area contributed by atoms with Crippen LogP contribution >= 0.6 is 0 Å². The maximum Gasteiger partial charge on any atom is 0.220 e. The normalized spacial score (nSPS) is 23.3. The highest BCUT2D eigenvalue weighted by Crippen LogP contribution is 2.42. The van der Waals surface area contributed by atoms with Crippen LogP contribution in [0.15, 0.2) is 78.9 Å². The van der Waals surface area contributed by atoms with Crippen molar-refractivity contribution in [2.45, 2.75) is 43.7 Å². The second-order valence-corrected chi connectivity index (χ2v) is 9.40. The second kappa shape index (κ2) is 9.40. The minimum Gasteiger partial charge on any atom is -0.496 e. The van der Waals surface area contributed by atoms with Crippen molar-refractivity contribution < 1.29 is 9.53 Å². The standard InChI is InChI=1S/C29H32N2O2/c1-33-27-16-8-7-15-25(27)24-14-6-5-13-23(24)19-31-20-26(22-11-3-2-4-12-22)29(21-31)18-10-9-17-28(32)30-29/h2-8,11-16,26H,9-10,17-21H2,1H3,(H,30,32)/t26-,29+/m0/s1. The molecule has 0 aliphatic carbocycles. The molecular weight excluding hydrogens is 408 g/mol. The van der Waals surface area contributed by atoms with Crippen molar-refractivity contribution in [3.8, 4) is 16.9 Å². The SMILES string of the molecule is COc1ccccc1-c1ccccc1CN1C[C@@H](c2ccccc2)[C@@]2(CCCCC(=O)N2)C1. The van der Waals surface area contributed by atoms with Crippen LogP contribution in [-0.4, -0.2) is 36.5 Å². The smallest absolute Gasteiger partial charge is 0.220 e. The van der Waals surface area contributed by atoms with Crippen molar-refractivity contribution in [2.24, 2.45) is 0 Å². The van der Waals surface area contributed by atoms with Gasteiger partial charge >= 0.3 is 0 Å². The van der Waals surface area contributed by atoms with Crippen LogP contribution in [0.25, 0.3) is 11.1 Å². The summed E-state index contributed by atoms with van der Waals surface area (Å²) in [5.41, 5.74) is 4.73. The number of nitrogens with zero attached hydrogens (tertiary/aromatic N) is 1. The predicted octanol–water partition coefficient (Wildman–Crippen LogP) is 5.39. The van der Waals surface area contributed by atoms with Gasteiger partial charge in [-0.2, -0.15) is 0 Å². The molecule has 170 valence electrons. The van der Waals surface area contributed by atoms with Gasteiger partial charge in [0, 0.05) is 37.5 Å². The summed E-state index contributed by atoms with van der Waals surface area (Å²) in [6.45, 7) is 2.65. The average molecular weight is 441 g/mol. The summed E-state index contributed by atoms with van der Waals surface area (Å²) in [7, 11) is 1.73. The molecule has 0 unspecified atom stereocenters. The molecule has 33 heavy (non-hydrogen) atoms. The summed E-state index contributed by atoms with van der Waals surface area (Å²) in [6, 6.07) is 27.5. The number of methoxy groups -OCH3 is 1. The van der Waals surface area contributed by atoms with Gasteiger partial charge < -0.3 is 10.1 Å². The van der Waals surface area contributed by atoms with E-state index in [-0.39, 0.29) is 11.4 Å². The molecule has 2 aliphatic rings. The van der Waals surface area contributed by atoms with Crippen molar-refractivity contribution in [3.05, 3.63) is 90.0 Å². The van der Waals surface area contributed by atoms with E-state index in [1.165, 1.54) is 16.7 Å². The number of ether oxygens (including phenoxy) is 1. The third-order valence-electron chi connectivity index (χ3n) is 7.29. The summed E-state index contributed by atoms with van der Waals surface area (Å²) < 4.78 is 5.65. The first-order chi connectivity index (χ1) is 16.2. The molecule has 3 aromatic carbocycles. The summed E-state index contributed by atoms with van der Waals surface area (Å²) in [4.78, 5) is 15.2. The van der Waals surface area contributed by atoms with Crippen LogP contribution in [0.4, 0.5) is 0 Å². The highest BCUT2D eigenvalue weighted by atomic mass is 16.5. The number of amides is 1. The van der Waals surface area contributed by atoms with Crippen molar-refractivity contribution in [1.82, 2.24) is 10.2 Å². The monoisotopic (exact) mass is 440 g/mol. The molecule has 1 spiro atoms. The molecule has 0 radical (unpaired) electrons. The molecule has 2 atom stereocenters. The molecule has 2 heterocycles. The van der Waals surface area contributed by atoms with Crippen LogP contribution in [0, 0.1) is 0 Å². The number of carbonyl (C=O) groups is 1. The minimum absolute atomic E-state index is 0.199. The van der Waals surface area contributed by atoms with E-state index in [1.54, 1.807) is 7.11 Å². The molecule has 0 saturated carbocycles. The largest absolute Gasteiger partial charge is 0.496 e. The lowest BCUT2D eigenvalue weighted by molar-refractivity contribution is -0.122. The van der Waals surface area contributed by atoms with Crippen LogP contribution in [-0.2, 0) is 11.3 Å². The van der Waals surface area contributed by atoms with Gasteiger partial charge in [-0.25, -0.2) is 0 Å². The number of benzene rings is 3. The molecule has 1 amide bonds. The first-order valence-corrected chi connectivity index (χ1v) is 12.0. The first kappa shape index (κ1) is 21.7. The van der Waals surface area contributed by atoms with Gasteiger partial charge in [-0.3, -0.25) is 9.69 Å². The Kier molecular flexibility index (Phi) is 6.19. The summed E-state index contributed by atoms with van der Waals surface area (Å²) in [5.74, 6) is 1.38. The fourth-order valence-corrected chi connectivity index (χ4v) is 5.77. The number of para-hydroxylation sites is 1. The number of hydrogen-bond acceptors (Lipinski definition) is 3. The quantitative estimate of drug-likeness (QED) is 0.578. The molecule has 2 aliphatic heterocycles. The second-order valence-electron chi connectivity index (χ2n) is 9.40. The lowest BCUT2D eigenvalue weighted by atomic mass is 9.79. The van der Waals surface area contributed by atoms with Gasteiger partial charge in [0.1, 0.15) is 5.75 Å². The van der Waals surface area contributed by atoms with Crippen molar-refractivity contribution >= 4 is 5.91 Å².